The van der Waals surface area contributed by atoms with Gasteiger partial charge in [-0.25, -0.2) is 0 Å². The summed E-state index contributed by atoms with van der Waals surface area (Å²) in [5, 5.41) is 0.743. The van der Waals surface area contributed by atoms with Gasteiger partial charge >= 0.3 is 0 Å². The highest BCUT2D eigenvalue weighted by atomic mass is 16.5. The van der Waals surface area contributed by atoms with E-state index in [0.29, 0.717) is 22.8 Å². The van der Waals surface area contributed by atoms with Crippen LogP contribution in [0.5, 0.6) is 11.5 Å². The molecule has 0 aliphatic rings. The zero-order valence-electron chi connectivity index (χ0n) is 9.37. The van der Waals surface area contributed by atoms with Gasteiger partial charge in [0.25, 0.3) is 0 Å². The van der Waals surface area contributed by atoms with E-state index in [2.05, 4.69) is 0 Å². The quantitative estimate of drug-likeness (QED) is 0.746. The number of Topliss-reactive ketones (excluding diaryl/α,β-unsaturated/α-hetero) is 1. The number of ether oxygens (including phenoxy) is 2. The Bertz CT molecular complexity index is 498. The van der Waals surface area contributed by atoms with E-state index in [9.17, 15) is 4.79 Å². The molecule has 0 unspecified atom stereocenters. The average molecular weight is 220 g/mol. The number of fused-ring (bicyclic) bond motifs is 1. The molecule has 1 aromatic heterocycles. The number of hydrogen-bond donors (Lipinski definition) is 0. The number of ketones is 1. The fourth-order valence-corrected chi connectivity index (χ4v) is 1.59. The highest BCUT2D eigenvalue weighted by molar-refractivity contribution is 5.99. The summed E-state index contributed by atoms with van der Waals surface area (Å²) in [5.41, 5.74) is 0.534. The molecule has 0 aliphatic heterocycles. The van der Waals surface area contributed by atoms with Gasteiger partial charge in [-0.2, -0.15) is 0 Å². The van der Waals surface area contributed by atoms with Crippen LogP contribution in [0.4, 0.5) is 0 Å². The van der Waals surface area contributed by atoms with Gasteiger partial charge in [0, 0.05) is 6.92 Å². The van der Waals surface area contributed by atoms with Crippen LogP contribution in [0.3, 0.4) is 0 Å². The number of furan rings is 1. The van der Waals surface area contributed by atoms with E-state index in [4.69, 9.17) is 13.9 Å². The Balaban J connectivity index is 2.75. The molecule has 16 heavy (non-hydrogen) atoms. The maximum Gasteiger partial charge on any atom is 0.194 e. The number of carbonyl (C=O) groups excluding carboxylic acids is 1. The van der Waals surface area contributed by atoms with Crippen molar-refractivity contribution in [2.45, 2.75) is 6.92 Å². The van der Waals surface area contributed by atoms with Gasteiger partial charge in [0.2, 0.25) is 0 Å². The van der Waals surface area contributed by atoms with Crippen LogP contribution in [0, 0.1) is 0 Å². The summed E-state index contributed by atoms with van der Waals surface area (Å²) < 4.78 is 15.8. The molecule has 0 N–H and O–H groups in total. The first-order chi connectivity index (χ1) is 7.67. The van der Waals surface area contributed by atoms with Gasteiger partial charge in [-0.1, -0.05) is 0 Å². The second kappa shape index (κ2) is 3.89. The maximum absolute atomic E-state index is 11.2. The molecule has 4 heteroatoms. The summed E-state index contributed by atoms with van der Waals surface area (Å²) in [5.74, 6) is 1.42. The van der Waals surface area contributed by atoms with Crippen LogP contribution in [-0.4, -0.2) is 20.0 Å². The zero-order chi connectivity index (χ0) is 11.7. The monoisotopic (exact) mass is 220 g/mol. The molecule has 0 fully saturated rings. The Kier molecular flexibility index (Phi) is 2.56. The van der Waals surface area contributed by atoms with Crippen molar-refractivity contribution in [3.8, 4) is 11.5 Å². The van der Waals surface area contributed by atoms with E-state index >= 15 is 0 Å². The summed E-state index contributed by atoms with van der Waals surface area (Å²) in [6.07, 6.45) is 0. The average Bonchev–Trinajstić information content (AvgIpc) is 2.72. The summed E-state index contributed by atoms with van der Waals surface area (Å²) in [6, 6.07) is 5.19. The Hall–Kier alpha value is -1.97. The van der Waals surface area contributed by atoms with Gasteiger partial charge < -0.3 is 13.9 Å². The molecular weight excluding hydrogens is 208 g/mol. The second-order valence-electron chi connectivity index (χ2n) is 3.38. The van der Waals surface area contributed by atoms with Gasteiger partial charge in [0.1, 0.15) is 5.75 Å². The lowest BCUT2D eigenvalue weighted by Crippen LogP contribution is -1.86. The smallest absolute Gasteiger partial charge is 0.194 e. The Labute approximate surface area is 92.8 Å². The normalized spacial score (nSPS) is 10.4. The highest BCUT2D eigenvalue weighted by Crippen LogP contribution is 2.35. The molecule has 0 atom stereocenters. The van der Waals surface area contributed by atoms with Crippen molar-refractivity contribution >= 4 is 16.8 Å². The van der Waals surface area contributed by atoms with Crippen molar-refractivity contribution in [2.24, 2.45) is 0 Å². The number of benzene rings is 1. The molecule has 1 heterocycles. The standard InChI is InChI=1S/C12H12O4/c1-7(13)11-6-8-9(14-2)4-5-10(15-3)12(8)16-11/h4-6H,1-3H3. The Morgan fingerprint density at radius 2 is 1.81 bits per heavy atom. The molecule has 0 bridgehead atoms. The van der Waals surface area contributed by atoms with Gasteiger partial charge in [-0.15, -0.1) is 0 Å². The van der Waals surface area contributed by atoms with E-state index in [1.807, 2.05) is 0 Å². The van der Waals surface area contributed by atoms with Crippen LogP contribution in [0.1, 0.15) is 17.5 Å². The van der Waals surface area contributed by atoms with E-state index in [0.717, 1.165) is 5.39 Å². The van der Waals surface area contributed by atoms with Gasteiger partial charge in [-0.05, 0) is 18.2 Å². The molecule has 0 saturated carbocycles. The maximum atomic E-state index is 11.2. The molecule has 0 aliphatic carbocycles. The first-order valence-corrected chi connectivity index (χ1v) is 4.83. The minimum Gasteiger partial charge on any atom is -0.496 e. The van der Waals surface area contributed by atoms with E-state index < -0.39 is 0 Å². The minimum absolute atomic E-state index is 0.125. The van der Waals surface area contributed by atoms with Gasteiger partial charge in [0.05, 0.1) is 19.6 Å². The molecule has 2 rings (SSSR count). The first kappa shape index (κ1) is 10.5. The molecule has 2 aromatic rings. The highest BCUT2D eigenvalue weighted by Gasteiger charge is 2.15. The third-order valence-electron chi connectivity index (χ3n) is 2.39. The number of carbonyl (C=O) groups is 1. The van der Waals surface area contributed by atoms with Gasteiger partial charge in [0.15, 0.2) is 22.9 Å². The predicted molar refractivity (Wildman–Crippen MR) is 59.3 cm³/mol. The van der Waals surface area contributed by atoms with Gasteiger partial charge in [-0.3, -0.25) is 4.79 Å². The lowest BCUT2D eigenvalue weighted by molar-refractivity contribution is 0.0989. The summed E-state index contributed by atoms with van der Waals surface area (Å²) in [4.78, 5) is 11.2. The zero-order valence-corrected chi connectivity index (χ0v) is 9.37. The fourth-order valence-electron chi connectivity index (χ4n) is 1.59. The molecule has 1 aromatic carbocycles. The summed E-state index contributed by atoms with van der Waals surface area (Å²) in [7, 11) is 3.12. The molecular formula is C12H12O4. The van der Waals surface area contributed by atoms with E-state index in [1.54, 1.807) is 32.4 Å². The van der Waals surface area contributed by atoms with Crippen molar-refractivity contribution < 1.29 is 18.7 Å². The molecule has 0 saturated heterocycles. The minimum atomic E-state index is -0.125. The van der Waals surface area contributed by atoms with Crippen LogP contribution in [0.25, 0.3) is 11.0 Å². The van der Waals surface area contributed by atoms with Crippen LogP contribution >= 0.6 is 0 Å². The molecule has 4 nitrogen and oxygen atoms in total. The largest absolute Gasteiger partial charge is 0.496 e. The van der Waals surface area contributed by atoms with Crippen LogP contribution in [-0.2, 0) is 0 Å². The molecule has 0 radical (unpaired) electrons. The third kappa shape index (κ3) is 1.52. The third-order valence-corrected chi connectivity index (χ3v) is 2.39. The Morgan fingerprint density at radius 3 is 2.38 bits per heavy atom. The predicted octanol–water partition coefficient (Wildman–Crippen LogP) is 2.65. The van der Waals surface area contributed by atoms with Crippen LogP contribution in [0.2, 0.25) is 0 Å². The molecule has 84 valence electrons. The van der Waals surface area contributed by atoms with E-state index in [-0.39, 0.29) is 5.78 Å². The van der Waals surface area contributed by atoms with Crippen molar-refractivity contribution in [1.29, 1.82) is 0 Å². The SMILES string of the molecule is COc1ccc(OC)c2oc(C(C)=O)cc12. The van der Waals surface area contributed by atoms with Crippen molar-refractivity contribution in [3.63, 3.8) is 0 Å². The van der Waals surface area contributed by atoms with Crippen molar-refractivity contribution in [3.05, 3.63) is 24.0 Å². The lowest BCUT2D eigenvalue weighted by Gasteiger charge is -2.03. The van der Waals surface area contributed by atoms with Crippen molar-refractivity contribution in [2.75, 3.05) is 14.2 Å². The van der Waals surface area contributed by atoms with Crippen LogP contribution in [0.15, 0.2) is 22.6 Å². The topological polar surface area (TPSA) is 48.7 Å². The van der Waals surface area contributed by atoms with E-state index in [1.165, 1.54) is 6.92 Å². The second-order valence-corrected chi connectivity index (χ2v) is 3.38. The summed E-state index contributed by atoms with van der Waals surface area (Å²) in [6.45, 7) is 1.46. The number of methoxy groups -OCH3 is 2. The first-order valence-electron chi connectivity index (χ1n) is 4.83. The Morgan fingerprint density at radius 1 is 1.19 bits per heavy atom. The lowest BCUT2D eigenvalue weighted by atomic mass is 10.2. The number of hydrogen-bond acceptors (Lipinski definition) is 4. The molecule has 0 spiro atoms. The summed E-state index contributed by atoms with van der Waals surface area (Å²) >= 11 is 0. The van der Waals surface area contributed by atoms with Crippen LogP contribution < -0.4 is 9.47 Å². The molecule has 0 amide bonds. The van der Waals surface area contributed by atoms with Crippen molar-refractivity contribution in [1.82, 2.24) is 0 Å². The number of rotatable bonds is 3. The fraction of sp³-hybridized carbons (Fsp3) is 0.250.